The second-order valence-corrected chi connectivity index (χ2v) is 6.79. The van der Waals surface area contributed by atoms with Crippen molar-refractivity contribution >= 4 is 5.78 Å². The van der Waals surface area contributed by atoms with Crippen molar-refractivity contribution in [1.82, 2.24) is 0 Å². The minimum atomic E-state index is 0.399. The van der Waals surface area contributed by atoms with E-state index < -0.39 is 0 Å². The molecule has 0 spiro atoms. The molecule has 2 saturated carbocycles. The molecule has 1 nitrogen and oxygen atoms in total. The van der Waals surface area contributed by atoms with Crippen molar-refractivity contribution in [2.24, 2.45) is 23.7 Å². The van der Waals surface area contributed by atoms with Crippen LogP contribution in [-0.4, -0.2) is 5.78 Å². The first-order valence-electron chi connectivity index (χ1n) is 7.68. The summed E-state index contributed by atoms with van der Waals surface area (Å²) in [7, 11) is 0. The summed E-state index contributed by atoms with van der Waals surface area (Å²) in [6.45, 7) is 4.63. The van der Waals surface area contributed by atoms with Crippen LogP contribution in [0.3, 0.4) is 0 Å². The predicted molar refractivity (Wildman–Crippen MR) is 71.9 cm³/mol. The molecule has 0 heterocycles. The van der Waals surface area contributed by atoms with Gasteiger partial charge in [-0.15, -0.1) is 0 Å². The highest BCUT2D eigenvalue weighted by Crippen LogP contribution is 2.36. The normalized spacial score (nSPS) is 35.8. The predicted octanol–water partition coefficient (Wildman–Crippen LogP) is 4.60. The highest BCUT2D eigenvalue weighted by Gasteiger charge is 2.30. The van der Waals surface area contributed by atoms with Gasteiger partial charge in [-0.25, -0.2) is 0 Å². The Morgan fingerprint density at radius 2 is 1.53 bits per heavy atom. The average molecular weight is 236 g/mol. The molecule has 2 unspecified atom stereocenters. The Morgan fingerprint density at radius 1 is 0.941 bits per heavy atom. The summed E-state index contributed by atoms with van der Waals surface area (Å²) in [4.78, 5) is 12.4. The van der Waals surface area contributed by atoms with E-state index in [1.165, 1.54) is 38.5 Å². The van der Waals surface area contributed by atoms with Gasteiger partial charge in [-0.05, 0) is 37.0 Å². The lowest BCUT2D eigenvalue weighted by Crippen LogP contribution is -2.27. The van der Waals surface area contributed by atoms with Crippen LogP contribution >= 0.6 is 0 Å². The Labute approximate surface area is 106 Å². The lowest BCUT2D eigenvalue weighted by atomic mass is 9.73. The summed E-state index contributed by atoms with van der Waals surface area (Å²) in [6, 6.07) is 0. The minimum Gasteiger partial charge on any atom is -0.299 e. The van der Waals surface area contributed by atoms with E-state index in [4.69, 9.17) is 0 Å². The Hall–Kier alpha value is -0.330. The Morgan fingerprint density at radius 3 is 2.12 bits per heavy atom. The van der Waals surface area contributed by atoms with Gasteiger partial charge in [0.25, 0.3) is 0 Å². The summed E-state index contributed by atoms with van der Waals surface area (Å²) in [5.74, 6) is 3.24. The third-order valence-electron chi connectivity index (χ3n) is 4.85. The van der Waals surface area contributed by atoms with Gasteiger partial charge in [-0.1, -0.05) is 46.0 Å². The smallest absolute Gasteiger partial charge is 0.136 e. The van der Waals surface area contributed by atoms with Crippen molar-refractivity contribution < 1.29 is 4.79 Å². The molecule has 2 aliphatic carbocycles. The Balaban J connectivity index is 1.81. The van der Waals surface area contributed by atoms with Gasteiger partial charge in [0.15, 0.2) is 0 Å². The molecule has 2 aliphatic rings. The van der Waals surface area contributed by atoms with Crippen LogP contribution in [0, 0.1) is 23.7 Å². The highest BCUT2D eigenvalue weighted by atomic mass is 16.1. The molecule has 0 saturated heterocycles. The van der Waals surface area contributed by atoms with Crippen molar-refractivity contribution in [3.8, 4) is 0 Å². The number of hydrogen-bond acceptors (Lipinski definition) is 1. The molecule has 0 N–H and O–H groups in total. The number of ketones is 1. The van der Waals surface area contributed by atoms with Crippen molar-refractivity contribution in [1.29, 1.82) is 0 Å². The number of Topliss-reactive ketones (excluding diaryl/α,β-unsaturated/α-hetero) is 1. The van der Waals surface area contributed by atoms with Gasteiger partial charge in [-0.3, -0.25) is 4.79 Å². The van der Waals surface area contributed by atoms with E-state index in [-0.39, 0.29) is 0 Å². The van der Waals surface area contributed by atoms with Crippen molar-refractivity contribution in [3.05, 3.63) is 0 Å². The van der Waals surface area contributed by atoms with E-state index in [1.807, 2.05) is 0 Å². The molecular weight excluding hydrogens is 208 g/mol. The molecule has 0 radical (unpaired) electrons. The van der Waals surface area contributed by atoms with Gasteiger partial charge >= 0.3 is 0 Å². The van der Waals surface area contributed by atoms with Gasteiger partial charge in [0.1, 0.15) is 5.78 Å². The fraction of sp³-hybridized carbons (Fsp3) is 0.938. The molecule has 0 amide bonds. The molecule has 1 heteroatoms. The van der Waals surface area contributed by atoms with E-state index in [2.05, 4.69) is 13.8 Å². The fourth-order valence-electron chi connectivity index (χ4n) is 4.05. The van der Waals surface area contributed by atoms with Crippen LogP contribution in [0.15, 0.2) is 0 Å². The molecule has 0 aromatic rings. The van der Waals surface area contributed by atoms with E-state index in [0.29, 0.717) is 11.7 Å². The van der Waals surface area contributed by atoms with Crippen LogP contribution < -0.4 is 0 Å². The Kier molecular flexibility index (Phi) is 4.64. The number of carbonyl (C=O) groups is 1. The maximum absolute atomic E-state index is 12.4. The number of rotatable bonds is 3. The lowest BCUT2D eigenvalue weighted by Gasteiger charge is -2.31. The molecule has 0 aromatic heterocycles. The van der Waals surface area contributed by atoms with E-state index >= 15 is 0 Å². The van der Waals surface area contributed by atoms with Crippen LogP contribution in [0.5, 0.6) is 0 Å². The molecule has 2 atom stereocenters. The van der Waals surface area contributed by atoms with Gasteiger partial charge in [0.2, 0.25) is 0 Å². The third kappa shape index (κ3) is 3.82. The highest BCUT2D eigenvalue weighted by molar-refractivity contribution is 5.81. The molecule has 17 heavy (non-hydrogen) atoms. The molecular formula is C16H28O. The first-order chi connectivity index (χ1) is 8.15. The van der Waals surface area contributed by atoms with Crippen LogP contribution in [-0.2, 0) is 4.79 Å². The second-order valence-electron chi connectivity index (χ2n) is 6.79. The minimum absolute atomic E-state index is 0.399. The summed E-state index contributed by atoms with van der Waals surface area (Å²) in [6.07, 6.45) is 11.3. The summed E-state index contributed by atoms with van der Waals surface area (Å²) < 4.78 is 0. The summed E-state index contributed by atoms with van der Waals surface area (Å²) in [5.41, 5.74) is 0. The van der Waals surface area contributed by atoms with Gasteiger partial charge in [-0.2, -0.15) is 0 Å². The van der Waals surface area contributed by atoms with E-state index in [1.54, 1.807) is 0 Å². The standard InChI is InChI=1S/C16H28O/c1-12-8-13(2)10-15(9-12)16(17)11-14-6-4-3-5-7-14/h12-15H,3-11H2,1-2H3. The van der Waals surface area contributed by atoms with E-state index in [0.717, 1.165) is 37.0 Å². The van der Waals surface area contributed by atoms with Gasteiger partial charge < -0.3 is 0 Å². The molecule has 98 valence electrons. The fourth-order valence-corrected chi connectivity index (χ4v) is 4.05. The third-order valence-corrected chi connectivity index (χ3v) is 4.85. The first kappa shape index (κ1) is 13.1. The maximum atomic E-state index is 12.4. The molecule has 2 fully saturated rings. The molecule has 0 aliphatic heterocycles. The van der Waals surface area contributed by atoms with Crippen molar-refractivity contribution in [2.45, 2.75) is 71.6 Å². The number of hydrogen-bond donors (Lipinski definition) is 0. The van der Waals surface area contributed by atoms with Crippen molar-refractivity contribution in [2.75, 3.05) is 0 Å². The van der Waals surface area contributed by atoms with Crippen molar-refractivity contribution in [3.63, 3.8) is 0 Å². The van der Waals surface area contributed by atoms with Crippen LogP contribution in [0.2, 0.25) is 0 Å². The molecule has 0 aromatic carbocycles. The average Bonchev–Trinajstić information content (AvgIpc) is 2.29. The van der Waals surface area contributed by atoms with Crippen LogP contribution in [0.4, 0.5) is 0 Å². The van der Waals surface area contributed by atoms with E-state index in [9.17, 15) is 4.79 Å². The topological polar surface area (TPSA) is 17.1 Å². The van der Waals surface area contributed by atoms with Crippen LogP contribution in [0.25, 0.3) is 0 Å². The number of carbonyl (C=O) groups excluding carboxylic acids is 1. The van der Waals surface area contributed by atoms with Gasteiger partial charge in [0, 0.05) is 12.3 Å². The first-order valence-corrected chi connectivity index (χ1v) is 7.68. The monoisotopic (exact) mass is 236 g/mol. The zero-order valence-electron chi connectivity index (χ0n) is 11.6. The summed E-state index contributed by atoms with van der Waals surface area (Å²) >= 11 is 0. The maximum Gasteiger partial charge on any atom is 0.136 e. The largest absolute Gasteiger partial charge is 0.299 e. The van der Waals surface area contributed by atoms with Gasteiger partial charge in [0.05, 0.1) is 0 Å². The lowest BCUT2D eigenvalue weighted by molar-refractivity contribution is -0.126. The summed E-state index contributed by atoms with van der Waals surface area (Å²) in [5, 5.41) is 0. The Bertz CT molecular complexity index is 242. The zero-order chi connectivity index (χ0) is 12.3. The molecule has 2 rings (SSSR count). The second kappa shape index (κ2) is 6.02. The van der Waals surface area contributed by atoms with Crippen LogP contribution in [0.1, 0.15) is 71.6 Å². The SMILES string of the molecule is CC1CC(C)CC(C(=O)CC2CCCCC2)C1. The zero-order valence-corrected chi connectivity index (χ0v) is 11.6. The quantitative estimate of drug-likeness (QED) is 0.700. The molecule has 0 bridgehead atoms.